The van der Waals surface area contributed by atoms with Crippen LogP contribution in [0.2, 0.25) is 0 Å². The molecule has 4 nitrogen and oxygen atoms in total. The first-order chi connectivity index (χ1) is 12.5. The quantitative estimate of drug-likeness (QED) is 0.506. The Labute approximate surface area is 155 Å². The highest BCUT2D eigenvalue weighted by atomic mass is 32.2. The van der Waals surface area contributed by atoms with Crippen molar-refractivity contribution in [1.82, 2.24) is 14.4 Å². The molecule has 0 aliphatic rings. The molecular weight excluding hydrogens is 342 g/mol. The zero-order valence-corrected chi connectivity index (χ0v) is 15.8. The molecule has 130 valence electrons. The van der Waals surface area contributed by atoms with Crippen LogP contribution in [-0.4, -0.2) is 14.4 Å². The van der Waals surface area contributed by atoms with E-state index in [-0.39, 0.29) is 5.56 Å². The van der Waals surface area contributed by atoms with Gasteiger partial charge >= 0.3 is 0 Å². The monoisotopic (exact) mass is 361 g/mol. The predicted molar refractivity (Wildman–Crippen MR) is 107 cm³/mol. The molecule has 4 rings (SSSR count). The van der Waals surface area contributed by atoms with E-state index in [2.05, 4.69) is 43.1 Å². The van der Waals surface area contributed by atoms with Gasteiger partial charge in [-0.25, -0.2) is 9.97 Å². The molecule has 5 heteroatoms. The lowest BCUT2D eigenvalue weighted by atomic mass is 10.1. The Hall–Kier alpha value is -2.66. The summed E-state index contributed by atoms with van der Waals surface area (Å²) in [6.07, 6.45) is 1.82. The van der Waals surface area contributed by atoms with Gasteiger partial charge in [-0.15, -0.1) is 0 Å². The van der Waals surface area contributed by atoms with Crippen molar-refractivity contribution in [2.24, 2.45) is 0 Å². The van der Waals surface area contributed by atoms with Crippen LogP contribution in [0.5, 0.6) is 0 Å². The van der Waals surface area contributed by atoms with Crippen molar-refractivity contribution in [3.8, 4) is 0 Å². The third-order valence-electron chi connectivity index (χ3n) is 4.45. The number of aryl methyl sites for hydroxylation is 3. The summed E-state index contributed by atoms with van der Waals surface area (Å²) in [6, 6.07) is 13.8. The van der Waals surface area contributed by atoms with Crippen molar-refractivity contribution >= 4 is 28.3 Å². The minimum Gasteiger partial charge on any atom is -0.269 e. The third kappa shape index (κ3) is 3.10. The van der Waals surface area contributed by atoms with Gasteiger partial charge in [0.05, 0.1) is 16.2 Å². The van der Waals surface area contributed by atoms with E-state index < -0.39 is 0 Å². The van der Waals surface area contributed by atoms with E-state index >= 15 is 0 Å². The number of pyridine rings is 2. The molecule has 0 unspecified atom stereocenters. The van der Waals surface area contributed by atoms with Crippen molar-refractivity contribution in [1.29, 1.82) is 0 Å². The third-order valence-corrected chi connectivity index (χ3v) is 5.40. The average molecular weight is 361 g/mol. The Morgan fingerprint density at radius 2 is 1.85 bits per heavy atom. The van der Waals surface area contributed by atoms with Crippen LogP contribution in [0.1, 0.15) is 22.4 Å². The zero-order valence-electron chi connectivity index (χ0n) is 15.0. The van der Waals surface area contributed by atoms with E-state index in [1.165, 1.54) is 16.5 Å². The summed E-state index contributed by atoms with van der Waals surface area (Å²) in [4.78, 5) is 21.7. The maximum Gasteiger partial charge on any atom is 0.258 e. The molecule has 0 N–H and O–H groups in total. The SMILES string of the molecule is Cc1ccc2nc(CSc3cc(C)c4cccc(C)c4n3)cc(=O)n2c1. The summed E-state index contributed by atoms with van der Waals surface area (Å²) >= 11 is 1.61. The summed E-state index contributed by atoms with van der Waals surface area (Å²) in [7, 11) is 0. The van der Waals surface area contributed by atoms with Crippen LogP contribution < -0.4 is 5.56 Å². The van der Waals surface area contributed by atoms with Gasteiger partial charge in [0.1, 0.15) is 5.65 Å². The second-order valence-electron chi connectivity index (χ2n) is 6.56. The van der Waals surface area contributed by atoms with Gasteiger partial charge in [-0.2, -0.15) is 0 Å². The Bertz CT molecular complexity index is 1200. The van der Waals surface area contributed by atoms with E-state index in [1.807, 2.05) is 25.3 Å². The fourth-order valence-electron chi connectivity index (χ4n) is 3.08. The lowest BCUT2D eigenvalue weighted by Crippen LogP contribution is -2.15. The molecule has 0 fully saturated rings. The van der Waals surface area contributed by atoms with Crippen LogP contribution in [0.25, 0.3) is 16.6 Å². The maximum absolute atomic E-state index is 12.3. The average Bonchev–Trinajstić information content (AvgIpc) is 2.61. The molecule has 0 bridgehead atoms. The van der Waals surface area contributed by atoms with Gasteiger partial charge in [0.2, 0.25) is 0 Å². The van der Waals surface area contributed by atoms with Crippen LogP contribution in [0.15, 0.2) is 58.5 Å². The number of para-hydroxylation sites is 1. The summed E-state index contributed by atoms with van der Waals surface area (Å²) in [5.41, 5.74) is 5.86. The summed E-state index contributed by atoms with van der Waals surface area (Å²) in [6.45, 7) is 6.15. The summed E-state index contributed by atoms with van der Waals surface area (Å²) in [5.74, 6) is 0.615. The predicted octanol–water partition coefficient (Wildman–Crippen LogP) is 4.46. The second kappa shape index (κ2) is 6.57. The molecule has 1 aromatic carbocycles. The number of benzene rings is 1. The standard InChI is InChI=1S/C21H19N3OS/c1-13-7-8-18-22-16(10-20(25)24(18)11-13)12-26-19-9-15(3)17-6-4-5-14(2)21(17)23-19/h4-11H,12H2,1-3H3. The Morgan fingerprint density at radius 1 is 1.00 bits per heavy atom. The topological polar surface area (TPSA) is 47.3 Å². The normalized spacial score (nSPS) is 11.3. The van der Waals surface area contributed by atoms with E-state index in [4.69, 9.17) is 4.98 Å². The van der Waals surface area contributed by atoms with Gasteiger partial charge < -0.3 is 0 Å². The maximum atomic E-state index is 12.3. The van der Waals surface area contributed by atoms with Crippen molar-refractivity contribution in [3.05, 3.63) is 81.4 Å². The van der Waals surface area contributed by atoms with Crippen molar-refractivity contribution in [3.63, 3.8) is 0 Å². The van der Waals surface area contributed by atoms with Gasteiger partial charge in [-0.3, -0.25) is 9.20 Å². The first-order valence-electron chi connectivity index (χ1n) is 8.50. The fraction of sp³-hybridized carbons (Fsp3) is 0.190. The molecule has 0 radical (unpaired) electrons. The van der Waals surface area contributed by atoms with Crippen LogP contribution in [-0.2, 0) is 5.75 Å². The Balaban J connectivity index is 1.66. The smallest absolute Gasteiger partial charge is 0.258 e. The number of thioether (sulfide) groups is 1. The van der Waals surface area contributed by atoms with E-state index in [9.17, 15) is 4.79 Å². The molecule has 0 saturated carbocycles. The number of hydrogen-bond acceptors (Lipinski definition) is 4. The molecule has 3 heterocycles. The first kappa shape index (κ1) is 16.8. The van der Waals surface area contributed by atoms with Crippen molar-refractivity contribution < 1.29 is 0 Å². The minimum absolute atomic E-state index is 0.0483. The van der Waals surface area contributed by atoms with Crippen LogP contribution in [0.3, 0.4) is 0 Å². The van der Waals surface area contributed by atoms with Crippen molar-refractivity contribution in [2.75, 3.05) is 0 Å². The minimum atomic E-state index is -0.0483. The molecule has 0 amide bonds. The number of hydrogen-bond donors (Lipinski definition) is 0. The molecule has 0 atom stereocenters. The fourth-order valence-corrected chi connectivity index (χ4v) is 3.94. The molecule has 4 aromatic rings. The Morgan fingerprint density at radius 3 is 2.69 bits per heavy atom. The number of rotatable bonds is 3. The molecular formula is C21H19N3OS. The van der Waals surface area contributed by atoms with Gasteiger partial charge in [0, 0.05) is 23.4 Å². The second-order valence-corrected chi connectivity index (χ2v) is 7.55. The van der Waals surface area contributed by atoms with Crippen LogP contribution in [0.4, 0.5) is 0 Å². The number of nitrogens with zero attached hydrogens (tertiary/aromatic N) is 3. The van der Waals surface area contributed by atoms with Crippen LogP contribution in [0, 0.1) is 20.8 Å². The van der Waals surface area contributed by atoms with Gasteiger partial charge in [-0.1, -0.05) is 36.0 Å². The molecule has 0 aliphatic heterocycles. The van der Waals surface area contributed by atoms with Crippen LogP contribution >= 0.6 is 11.8 Å². The number of aromatic nitrogens is 3. The van der Waals surface area contributed by atoms with Crippen molar-refractivity contribution in [2.45, 2.75) is 31.6 Å². The lowest BCUT2D eigenvalue weighted by molar-refractivity contribution is 1.00. The largest absolute Gasteiger partial charge is 0.269 e. The molecule has 3 aromatic heterocycles. The highest BCUT2D eigenvalue weighted by molar-refractivity contribution is 7.98. The van der Waals surface area contributed by atoms with Gasteiger partial charge in [0.15, 0.2) is 0 Å². The first-order valence-corrected chi connectivity index (χ1v) is 9.48. The molecule has 0 saturated heterocycles. The molecule has 0 aliphatic carbocycles. The van der Waals surface area contributed by atoms with Gasteiger partial charge in [0.25, 0.3) is 5.56 Å². The molecule has 26 heavy (non-hydrogen) atoms. The Kier molecular flexibility index (Phi) is 4.24. The summed E-state index contributed by atoms with van der Waals surface area (Å²) in [5, 5.41) is 2.14. The number of fused-ring (bicyclic) bond motifs is 2. The van der Waals surface area contributed by atoms with E-state index in [0.29, 0.717) is 11.4 Å². The zero-order chi connectivity index (χ0) is 18.3. The van der Waals surface area contributed by atoms with E-state index in [1.54, 1.807) is 22.2 Å². The lowest BCUT2D eigenvalue weighted by Gasteiger charge is -2.08. The highest BCUT2D eigenvalue weighted by Crippen LogP contribution is 2.27. The summed E-state index contributed by atoms with van der Waals surface area (Å²) < 4.78 is 1.59. The molecule has 0 spiro atoms. The van der Waals surface area contributed by atoms with E-state index in [0.717, 1.165) is 21.8 Å². The van der Waals surface area contributed by atoms with Gasteiger partial charge in [-0.05, 0) is 49.6 Å². The highest BCUT2D eigenvalue weighted by Gasteiger charge is 2.08.